The van der Waals surface area contributed by atoms with E-state index in [1.807, 2.05) is 35.2 Å². The maximum absolute atomic E-state index is 12.5. The number of benzene rings is 2. The number of carbonyl (C=O) groups is 1. The second-order valence-electron chi connectivity index (χ2n) is 7.77. The van der Waals surface area contributed by atoms with E-state index in [0.29, 0.717) is 5.92 Å². The number of amides is 1. The van der Waals surface area contributed by atoms with Crippen molar-refractivity contribution in [2.24, 2.45) is 0 Å². The summed E-state index contributed by atoms with van der Waals surface area (Å²) in [5, 5.41) is 0. The summed E-state index contributed by atoms with van der Waals surface area (Å²) in [6.45, 7) is 5.83. The molecule has 4 rings (SSSR count). The van der Waals surface area contributed by atoms with Crippen LogP contribution in [-0.4, -0.2) is 28.9 Å². The highest BCUT2D eigenvalue weighted by Crippen LogP contribution is 2.30. The zero-order valence-electron chi connectivity index (χ0n) is 16.5. The molecule has 1 aliphatic rings. The smallest absolute Gasteiger partial charge is 0.246 e. The maximum Gasteiger partial charge on any atom is 0.246 e. The highest BCUT2D eigenvalue weighted by molar-refractivity contribution is 5.91. The Morgan fingerprint density at radius 1 is 1.11 bits per heavy atom. The third kappa shape index (κ3) is 4.01. The number of piperidine rings is 1. The Kier molecular flexibility index (Phi) is 5.29. The molecule has 1 amide bonds. The number of rotatable bonds is 4. The molecule has 28 heavy (non-hydrogen) atoms. The van der Waals surface area contributed by atoms with Crippen LogP contribution in [0.5, 0.6) is 0 Å². The van der Waals surface area contributed by atoms with Crippen LogP contribution in [0.2, 0.25) is 0 Å². The Bertz CT molecular complexity index is 944. The predicted molar refractivity (Wildman–Crippen MR) is 112 cm³/mol. The summed E-state index contributed by atoms with van der Waals surface area (Å²) in [4.78, 5) is 19.1. The van der Waals surface area contributed by atoms with Crippen molar-refractivity contribution in [2.45, 2.75) is 38.5 Å². The SMILES string of the molecule is CC(C)c1ccc(C=CC(=O)N2CCC(c3nc4ccccc4o3)CC2)cc1. The normalized spacial score (nSPS) is 15.8. The summed E-state index contributed by atoms with van der Waals surface area (Å²) in [5.41, 5.74) is 4.11. The van der Waals surface area contributed by atoms with Crippen LogP contribution in [0.15, 0.2) is 59.0 Å². The maximum atomic E-state index is 12.5. The van der Waals surface area contributed by atoms with E-state index in [2.05, 4.69) is 43.1 Å². The van der Waals surface area contributed by atoms with Crippen LogP contribution in [0.1, 0.15) is 55.5 Å². The minimum atomic E-state index is 0.0731. The number of fused-ring (bicyclic) bond motifs is 1. The number of aromatic nitrogens is 1. The van der Waals surface area contributed by atoms with E-state index >= 15 is 0 Å². The topological polar surface area (TPSA) is 46.3 Å². The highest BCUT2D eigenvalue weighted by atomic mass is 16.3. The fourth-order valence-electron chi connectivity index (χ4n) is 3.68. The zero-order valence-corrected chi connectivity index (χ0v) is 16.5. The number of hydrogen-bond donors (Lipinski definition) is 0. The number of carbonyl (C=O) groups excluding carboxylic acids is 1. The van der Waals surface area contributed by atoms with Gasteiger partial charge in [-0.3, -0.25) is 4.79 Å². The fourth-order valence-corrected chi connectivity index (χ4v) is 3.68. The number of likely N-dealkylation sites (tertiary alicyclic amines) is 1. The first-order valence-electron chi connectivity index (χ1n) is 10.0. The highest BCUT2D eigenvalue weighted by Gasteiger charge is 2.26. The molecule has 2 aromatic carbocycles. The third-order valence-electron chi connectivity index (χ3n) is 5.49. The van der Waals surface area contributed by atoms with Crippen LogP contribution >= 0.6 is 0 Å². The van der Waals surface area contributed by atoms with Crippen molar-refractivity contribution in [1.82, 2.24) is 9.88 Å². The lowest BCUT2D eigenvalue weighted by Gasteiger charge is -2.29. The Balaban J connectivity index is 1.34. The molecule has 4 nitrogen and oxygen atoms in total. The monoisotopic (exact) mass is 374 g/mol. The van der Waals surface area contributed by atoms with Gasteiger partial charge >= 0.3 is 0 Å². The van der Waals surface area contributed by atoms with E-state index < -0.39 is 0 Å². The standard InChI is InChI=1S/C24H26N2O2/c1-17(2)19-10-7-18(8-11-19)9-12-23(27)26-15-13-20(14-16-26)24-25-21-5-3-4-6-22(21)28-24/h3-12,17,20H,13-16H2,1-2H3. The molecule has 1 aromatic heterocycles. The molecule has 0 saturated carbocycles. The van der Waals surface area contributed by atoms with E-state index in [1.165, 1.54) is 5.56 Å². The van der Waals surface area contributed by atoms with Crippen molar-refractivity contribution in [3.63, 3.8) is 0 Å². The second-order valence-corrected chi connectivity index (χ2v) is 7.77. The average Bonchev–Trinajstić information content (AvgIpc) is 3.16. The van der Waals surface area contributed by atoms with Crippen LogP contribution in [0.25, 0.3) is 17.2 Å². The van der Waals surface area contributed by atoms with Crippen molar-refractivity contribution >= 4 is 23.1 Å². The second kappa shape index (κ2) is 8.01. The van der Waals surface area contributed by atoms with Gasteiger partial charge in [0, 0.05) is 25.1 Å². The van der Waals surface area contributed by atoms with Gasteiger partial charge in [0.05, 0.1) is 0 Å². The predicted octanol–water partition coefficient (Wildman–Crippen LogP) is 5.37. The minimum absolute atomic E-state index is 0.0731. The molecule has 0 spiro atoms. The molecule has 3 aromatic rings. The van der Waals surface area contributed by atoms with Crippen molar-refractivity contribution in [3.05, 3.63) is 71.6 Å². The van der Waals surface area contributed by atoms with E-state index in [1.54, 1.807) is 6.08 Å². The van der Waals surface area contributed by atoms with Gasteiger partial charge < -0.3 is 9.32 Å². The fraction of sp³-hybridized carbons (Fsp3) is 0.333. The lowest BCUT2D eigenvalue weighted by atomic mass is 9.96. The molecule has 0 radical (unpaired) electrons. The van der Waals surface area contributed by atoms with E-state index in [0.717, 1.165) is 48.5 Å². The molecule has 0 bridgehead atoms. The van der Waals surface area contributed by atoms with Gasteiger partial charge in [0.2, 0.25) is 5.91 Å². The molecule has 144 valence electrons. The van der Waals surface area contributed by atoms with Gasteiger partial charge in [-0.15, -0.1) is 0 Å². The van der Waals surface area contributed by atoms with E-state index in [-0.39, 0.29) is 11.8 Å². The molecule has 1 aliphatic heterocycles. The number of nitrogens with zero attached hydrogens (tertiary/aromatic N) is 2. The molecule has 0 unspecified atom stereocenters. The third-order valence-corrected chi connectivity index (χ3v) is 5.49. The van der Waals surface area contributed by atoms with Crippen molar-refractivity contribution in [2.75, 3.05) is 13.1 Å². The Morgan fingerprint density at radius 2 is 1.82 bits per heavy atom. The molecule has 0 atom stereocenters. The van der Waals surface area contributed by atoms with Gasteiger partial charge in [-0.2, -0.15) is 0 Å². The Morgan fingerprint density at radius 3 is 2.50 bits per heavy atom. The van der Waals surface area contributed by atoms with Crippen LogP contribution in [0.3, 0.4) is 0 Å². The number of oxazole rings is 1. The molecule has 2 heterocycles. The van der Waals surface area contributed by atoms with Gasteiger partial charge in [-0.05, 0) is 48.1 Å². The summed E-state index contributed by atoms with van der Waals surface area (Å²) in [5.74, 6) is 1.67. The molecule has 0 N–H and O–H groups in total. The largest absolute Gasteiger partial charge is 0.440 e. The van der Waals surface area contributed by atoms with Crippen molar-refractivity contribution in [3.8, 4) is 0 Å². The van der Waals surface area contributed by atoms with Gasteiger partial charge in [-0.1, -0.05) is 50.2 Å². The Labute approximate surface area is 165 Å². The average molecular weight is 374 g/mol. The molecule has 0 aliphatic carbocycles. The summed E-state index contributed by atoms with van der Waals surface area (Å²) < 4.78 is 5.91. The first-order valence-corrected chi connectivity index (χ1v) is 10.0. The van der Waals surface area contributed by atoms with E-state index in [4.69, 9.17) is 4.42 Å². The van der Waals surface area contributed by atoms with Gasteiger partial charge in [-0.25, -0.2) is 4.98 Å². The van der Waals surface area contributed by atoms with Gasteiger partial charge in [0.15, 0.2) is 11.5 Å². The minimum Gasteiger partial charge on any atom is -0.440 e. The number of hydrogen-bond acceptors (Lipinski definition) is 3. The zero-order chi connectivity index (χ0) is 19.5. The first kappa shape index (κ1) is 18.5. The molecular formula is C24H26N2O2. The van der Waals surface area contributed by atoms with Crippen molar-refractivity contribution < 1.29 is 9.21 Å². The summed E-state index contributed by atoms with van der Waals surface area (Å²) in [6, 6.07) is 16.2. The lowest BCUT2D eigenvalue weighted by molar-refractivity contribution is -0.127. The quantitative estimate of drug-likeness (QED) is 0.577. The molecule has 1 saturated heterocycles. The van der Waals surface area contributed by atoms with Gasteiger partial charge in [0.1, 0.15) is 5.52 Å². The van der Waals surface area contributed by atoms with Gasteiger partial charge in [0.25, 0.3) is 0 Å². The summed E-state index contributed by atoms with van der Waals surface area (Å²) in [7, 11) is 0. The van der Waals surface area contributed by atoms with Crippen LogP contribution in [-0.2, 0) is 4.79 Å². The first-order chi connectivity index (χ1) is 13.6. The van der Waals surface area contributed by atoms with Crippen molar-refractivity contribution in [1.29, 1.82) is 0 Å². The van der Waals surface area contributed by atoms with Crippen LogP contribution < -0.4 is 0 Å². The number of para-hydroxylation sites is 2. The summed E-state index contributed by atoms with van der Waals surface area (Å²) >= 11 is 0. The van der Waals surface area contributed by atoms with E-state index in [9.17, 15) is 4.79 Å². The summed E-state index contributed by atoms with van der Waals surface area (Å²) in [6.07, 6.45) is 5.36. The molecule has 1 fully saturated rings. The Hall–Kier alpha value is -2.88. The molecular weight excluding hydrogens is 348 g/mol. The molecule has 4 heteroatoms. The van der Waals surface area contributed by atoms with Crippen LogP contribution in [0, 0.1) is 0 Å². The lowest BCUT2D eigenvalue weighted by Crippen LogP contribution is -2.36. The van der Waals surface area contributed by atoms with Crippen LogP contribution in [0.4, 0.5) is 0 Å².